The molecule has 0 N–H and O–H groups in total. The van der Waals surface area contributed by atoms with Crippen molar-refractivity contribution >= 4 is 46.5 Å². The predicted octanol–water partition coefficient (Wildman–Crippen LogP) is 4.54. The van der Waals surface area contributed by atoms with E-state index in [2.05, 4.69) is 0 Å². The normalized spacial score (nSPS) is 24.3. The van der Waals surface area contributed by atoms with Gasteiger partial charge >= 0.3 is 0 Å². The Morgan fingerprint density at radius 1 is 0.425 bits per heavy atom. The monoisotopic (exact) mass is 582 g/mol. The highest BCUT2D eigenvalue weighted by atomic mass is 32.2. The molecule has 6 fully saturated rings. The van der Waals surface area contributed by atoms with Gasteiger partial charge in [-0.25, -0.2) is 0 Å². The van der Waals surface area contributed by atoms with Gasteiger partial charge in [-0.15, -0.1) is 0 Å². The number of rotatable bonds is 0. The van der Waals surface area contributed by atoms with Crippen molar-refractivity contribution in [2.24, 2.45) is 0 Å². The van der Waals surface area contributed by atoms with Gasteiger partial charge in [-0.3, -0.25) is 28.8 Å². The van der Waals surface area contributed by atoms with Gasteiger partial charge in [-0.1, -0.05) is 6.42 Å². The van der Waals surface area contributed by atoms with Crippen LogP contribution in [0.15, 0.2) is 0 Å². The number of ether oxygens (including phenoxy) is 3. The Morgan fingerprint density at radius 2 is 0.825 bits per heavy atom. The summed E-state index contributed by atoms with van der Waals surface area (Å²) in [5.74, 6) is 3.81. The minimum atomic E-state index is -0.367. The number of Topliss-reactive ketones (excluding diaryl/α,β-unsaturated/α-hetero) is 6. The van der Waals surface area contributed by atoms with E-state index in [0.717, 1.165) is 62.9 Å². The Hall–Kier alpha value is -1.75. The molecule has 0 aromatic heterocycles. The first-order valence-electron chi connectivity index (χ1n) is 14.8. The summed E-state index contributed by atoms with van der Waals surface area (Å²) in [6, 6.07) is 0. The largest absolute Gasteiger partial charge is 0.381 e. The number of carbonyl (C=O) groups excluding carboxylic acids is 6. The minimum Gasteiger partial charge on any atom is -0.381 e. The molecule has 0 radical (unpaired) electrons. The van der Waals surface area contributed by atoms with Crippen molar-refractivity contribution in [2.75, 3.05) is 37.9 Å². The predicted molar refractivity (Wildman–Crippen MR) is 151 cm³/mol. The maximum Gasteiger partial charge on any atom is 0.169 e. The molecule has 10 heteroatoms. The summed E-state index contributed by atoms with van der Waals surface area (Å²) < 4.78 is 15.8. The van der Waals surface area contributed by atoms with E-state index in [1.807, 2.05) is 11.8 Å². The van der Waals surface area contributed by atoms with E-state index in [-0.39, 0.29) is 17.4 Å². The van der Waals surface area contributed by atoms with Crippen LogP contribution >= 0.6 is 11.8 Å². The third kappa shape index (κ3) is 15.9. The van der Waals surface area contributed by atoms with E-state index in [0.29, 0.717) is 101 Å². The average molecular weight is 583 g/mol. The van der Waals surface area contributed by atoms with Crippen LogP contribution in [0.25, 0.3) is 0 Å². The van der Waals surface area contributed by atoms with Gasteiger partial charge in [0.1, 0.15) is 34.7 Å². The molecule has 226 valence electrons. The smallest absolute Gasteiger partial charge is 0.169 e. The quantitative estimate of drug-likeness (QED) is 0.401. The molecule has 0 bridgehead atoms. The molecule has 9 nitrogen and oxygen atoms in total. The van der Waals surface area contributed by atoms with Gasteiger partial charge in [0.05, 0.1) is 26.4 Å². The van der Waals surface area contributed by atoms with E-state index in [1.165, 1.54) is 6.42 Å². The van der Waals surface area contributed by atoms with Crippen molar-refractivity contribution in [1.82, 2.24) is 0 Å². The molecule has 6 aliphatic rings. The Labute approximate surface area is 242 Å². The van der Waals surface area contributed by atoms with Gasteiger partial charge in [-0.2, -0.15) is 11.8 Å². The van der Waals surface area contributed by atoms with Crippen molar-refractivity contribution in [3.63, 3.8) is 0 Å². The molecule has 0 unspecified atom stereocenters. The van der Waals surface area contributed by atoms with Crippen LogP contribution in [0.3, 0.4) is 0 Å². The average Bonchev–Trinajstić information content (AvgIpc) is 3.43. The minimum absolute atomic E-state index is 0.240. The lowest BCUT2D eigenvalue weighted by atomic mass is 9.93. The fourth-order valence-corrected chi connectivity index (χ4v) is 5.60. The first-order valence-corrected chi connectivity index (χ1v) is 16.0. The van der Waals surface area contributed by atoms with Gasteiger partial charge in [0.15, 0.2) is 5.79 Å². The first-order chi connectivity index (χ1) is 19.3. The van der Waals surface area contributed by atoms with E-state index in [4.69, 9.17) is 14.2 Å². The lowest BCUT2D eigenvalue weighted by Crippen LogP contribution is -2.35. The zero-order valence-corrected chi connectivity index (χ0v) is 24.7. The van der Waals surface area contributed by atoms with Crippen LogP contribution in [0.4, 0.5) is 0 Å². The second-order valence-corrected chi connectivity index (χ2v) is 11.8. The molecular weight excluding hydrogens is 536 g/mol. The fourth-order valence-electron chi connectivity index (χ4n) is 4.65. The van der Waals surface area contributed by atoms with Crippen molar-refractivity contribution in [3.8, 4) is 0 Å². The first kappa shape index (κ1) is 34.5. The van der Waals surface area contributed by atoms with Crippen molar-refractivity contribution in [1.29, 1.82) is 0 Å². The molecule has 0 aromatic rings. The maximum absolute atomic E-state index is 10.9. The summed E-state index contributed by atoms with van der Waals surface area (Å²) in [6.45, 7) is 2.65. The van der Waals surface area contributed by atoms with Crippen LogP contribution < -0.4 is 0 Å². The van der Waals surface area contributed by atoms with Crippen LogP contribution in [0.1, 0.15) is 109 Å². The van der Waals surface area contributed by atoms with Gasteiger partial charge in [0.2, 0.25) is 0 Å². The highest BCUT2D eigenvalue weighted by Gasteiger charge is 2.39. The van der Waals surface area contributed by atoms with E-state index in [1.54, 1.807) is 0 Å². The molecule has 0 atom stereocenters. The van der Waals surface area contributed by atoms with Gasteiger partial charge in [0.25, 0.3) is 0 Å². The lowest BCUT2D eigenvalue weighted by molar-refractivity contribution is -0.179. The standard InChI is InChI=1S/C8H12O3.C6H8O2.C6H10O.C5H8O2.C5H8OS/c9-7-1-3-8(4-2-7)10-5-6-11-8;7-5-1-2-6(8)4-3-5;7-6-4-2-1-3-5-6;2*6-5-1-3-7-4-2-5/h1-6H2;1-4H2;1-5H2;2*1-4H2. The van der Waals surface area contributed by atoms with Gasteiger partial charge in [-0.05, 0) is 12.8 Å². The summed E-state index contributed by atoms with van der Waals surface area (Å²) >= 11 is 1.88. The number of thioether (sulfide) groups is 1. The molecule has 3 saturated heterocycles. The molecule has 3 heterocycles. The van der Waals surface area contributed by atoms with E-state index in [9.17, 15) is 28.8 Å². The zero-order valence-electron chi connectivity index (χ0n) is 23.8. The van der Waals surface area contributed by atoms with Crippen LogP contribution in [0.2, 0.25) is 0 Å². The molecule has 40 heavy (non-hydrogen) atoms. The summed E-state index contributed by atoms with van der Waals surface area (Å²) in [5.41, 5.74) is 0. The third-order valence-corrected chi connectivity index (χ3v) is 8.25. The van der Waals surface area contributed by atoms with Crippen molar-refractivity contribution < 1.29 is 43.0 Å². The SMILES string of the molecule is O=C1CCC(=O)CC1.O=C1CCC2(CC1)OCCO2.O=C1CCCCC1.O=C1CCOCC1.O=C1CCSCC1. The Balaban J connectivity index is 0.000000178. The number of hydrogen-bond donors (Lipinski definition) is 0. The third-order valence-electron chi connectivity index (χ3n) is 7.26. The zero-order chi connectivity index (χ0) is 29.1. The molecule has 6 rings (SSSR count). The highest BCUT2D eigenvalue weighted by molar-refractivity contribution is 7.99. The number of hydrogen-bond acceptors (Lipinski definition) is 10. The van der Waals surface area contributed by atoms with Gasteiger partial charge < -0.3 is 14.2 Å². The van der Waals surface area contributed by atoms with Crippen LogP contribution in [-0.4, -0.2) is 78.4 Å². The lowest BCUT2D eigenvalue weighted by Gasteiger charge is -2.30. The summed E-state index contributed by atoms with van der Waals surface area (Å²) in [4.78, 5) is 63.1. The molecule has 3 saturated carbocycles. The topological polar surface area (TPSA) is 130 Å². The molecule has 0 aromatic carbocycles. The summed E-state index contributed by atoms with van der Waals surface area (Å²) in [6.07, 6.45) is 12.8. The Kier molecular flexibility index (Phi) is 17.4. The fraction of sp³-hybridized carbons (Fsp3) is 0.800. The number of ketones is 6. The molecule has 1 spiro atoms. The molecule has 3 aliphatic carbocycles. The Bertz CT molecular complexity index is 732. The number of carbonyl (C=O) groups is 6. The Morgan fingerprint density at radius 3 is 1.18 bits per heavy atom. The van der Waals surface area contributed by atoms with Crippen molar-refractivity contribution in [3.05, 3.63) is 0 Å². The van der Waals surface area contributed by atoms with Crippen molar-refractivity contribution in [2.45, 2.75) is 115 Å². The van der Waals surface area contributed by atoms with Crippen LogP contribution in [-0.2, 0) is 43.0 Å². The second kappa shape index (κ2) is 20.2. The van der Waals surface area contributed by atoms with E-state index >= 15 is 0 Å². The second-order valence-electron chi connectivity index (χ2n) is 10.6. The summed E-state index contributed by atoms with van der Waals surface area (Å²) in [7, 11) is 0. The van der Waals surface area contributed by atoms with Crippen LogP contribution in [0, 0.1) is 0 Å². The maximum atomic E-state index is 10.9. The van der Waals surface area contributed by atoms with E-state index < -0.39 is 0 Å². The molecular formula is C30H46O9S. The molecule has 3 aliphatic heterocycles. The van der Waals surface area contributed by atoms with Gasteiger partial charge in [0, 0.05) is 101 Å². The highest BCUT2D eigenvalue weighted by Crippen LogP contribution is 2.33. The molecule has 0 amide bonds. The van der Waals surface area contributed by atoms with Crippen LogP contribution in [0.5, 0.6) is 0 Å². The summed E-state index contributed by atoms with van der Waals surface area (Å²) in [5, 5.41) is 0.